The van der Waals surface area contributed by atoms with E-state index in [1.54, 1.807) is 11.8 Å². The average Bonchev–Trinajstić information content (AvgIpc) is 2.94. The molecule has 0 radical (unpaired) electrons. The fourth-order valence-corrected chi connectivity index (χ4v) is 9.11. The molecule has 7 heteroatoms. The van der Waals surface area contributed by atoms with Crippen LogP contribution in [0, 0.1) is 35.5 Å². The van der Waals surface area contributed by atoms with Gasteiger partial charge in [0.25, 0.3) is 0 Å². The predicted octanol–water partition coefficient (Wildman–Crippen LogP) is 8.26. The van der Waals surface area contributed by atoms with Gasteiger partial charge in [-0.25, -0.2) is 0 Å². The second-order valence-electron chi connectivity index (χ2n) is 14.3. The summed E-state index contributed by atoms with van der Waals surface area (Å²) < 4.78 is 27.3. The summed E-state index contributed by atoms with van der Waals surface area (Å²) in [6, 6.07) is 12.1. The Morgan fingerprint density at radius 1 is 0.488 bits per heavy atom. The number of hydrogen-bond donors (Lipinski definition) is 2. The molecule has 0 saturated carbocycles. The molecule has 2 aromatic rings. The maximum absolute atomic E-state index is 10.8. The molecule has 0 aliphatic carbocycles. The molecule has 6 nitrogen and oxygen atoms in total. The van der Waals surface area contributed by atoms with E-state index in [0.717, 1.165) is 9.79 Å². The number of aliphatic hydroxyl groups excluding tert-OH is 2. The SMILES string of the molecule is CC(C)C1(CO)Oc2cc(Sc3ccc4c(c3)OC(CO)(C(C)C)C(C(C)C)(C(C)C)O4)ccc2OC1(C(C)C)C(C)C. The van der Waals surface area contributed by atoms with Gasteiger partial charge in [-0.15, -0.1) is 0 Å². The van der Waals surface area contributed by atoms with Gasteiger partial charge in [-0.2, -0.15) is 0 Å². The van der Waals surface area contributed by atoms with Crippen LogP contribution < -0.4 is 18.9 Å². The van der Waals surface area contributed by atoms with Gasteiger partial charge in [0, 0.05) is 9.79 Å². The molecule has 2 aliphatic heterocycles. The molecule has 2 heterocycles. The molecule has 2 aliphatic rings. The number of aliphatic hydroxyl groups is 2. The van der Waals surface area contributed by atoms with E-state index in [2.05, 4.69) is 83.1 Å². The normalized spacial score (nSPS) is 24.1. The Kier molecular flexibility index (Phi) is 9.44. The number of ether oxygens (including phenoxy) is 4. The topological polar surface area (TPSA) is 77.4 Å². The molecule has 0 aromatic heterocycles. The van der Waals surface area contributed by atoms with E-state index in [9.17, 15) is 10.2 Å². The van der Waals surface area contributed by atoms with Crippen LogP contribution in [0.1, 0.15) is 83.1 Å². The van der Waals surface area contributed by atoms with Crippen molar-refractivity contribution < 1.29 is 29.2 Å². The predicted molar refractivity (Wildman–Crippen MR) is 174 cm³/mol. The van der Waals surface area contributed by atoms with Crippen LogP contribution in [0.25, 0.3) is 0 Å². The van der Waals surface area contributed by atoms with E-state index in [1.165, 1.54) is 0 Å². The van der Waals surface area contributed by atoms with E-state index in [4.69, 9.17) is 18.9 Å². The van der Waals surface area contributed by atoms with Crippen molar-refractivity contribution >= 4 is 11.8 Å². The Hall–Kier alpha value is -2.09. The molecule has 0 bridgehead atoms. The lowest BCUT2D eigenvalue weighted by atomic mass is 9.63. The summed E-state index contributed by atoms with van der Waals surface area (Å²) in [7, 11) is 0. The standard InChI is InChI=1S/C36H54O6S/c1-21(2)33(19-37)35(23(5)6,24(7)8)41-29-15-13-27(17-31(29)39-33)43-28-14-16-30-32(18-28)40-34(20-38,22(3)4)36(42-30,25(9)10)26(11)12/h13-18,21-26,37-38H,19-20H2,1-12H3. The first-order valence-electron chi connectivity index (χ1n) is 16.0. The lowest BCUT2D eigenvalue weighted by Gasteiger charge is -2.58. The van der Waals surface area contributed by atoms with Crippen molar-refractivity contribution in [3.05, 3.63) is 36.4 Å². The molecular formula is C36H54O6S. The fourth-order valence-electron chi connectivity index (χ4n) is 8.23. The van der Waals surface area contributed by atoms with Crippen LogP contribution in [0.2, 0.25) is 0 Å². The molecule has 0 spiro atoms. The summed E-state index contributed by atoms with van der Waals surface area (Å²) in [5, 5.41) is 21.7. The molecule has 240 valence electrons. The lowest BCUT2D eigenvalue weighted by molar-refractivity contribution is -0.222. The summed E-state index contributed by atoms with van der Waals surface area (Å²) in [6.45, 7) is 25.2. The monoisotopic (exact) mass is 614 g/mol. The van der Waals surface area contributed by atoms with Crippen LogP contribution in [-0.2, 0) is 0 Å². The Morgan fingerprint density at radius 2 is 0.814 bits per heavy atom. The maximum Gasteiger partial charge on any atom is 0.174 e. The van der Waals surface area contributed by atoms with Crippen molar-refractivity contribution in [2.45, 2.75) is 115 Å². The van der Waals surface area contributed by atoms with Crippen LogP contribution in [-0.4, -0.2) is 45.8 Å². The molecule has 2 atom stereocenters. The molecular weight excluding hydrogens is 560 g/mol. The summed E-state index contributed by atoms with van der Waals surface area (Å²) in [6.07, 6.45) is 0. The number of fused-ring (bicyclic) bond motifs is 2. The first kappa shape index (κ1) is 33.8. The van der Waals surface area contributed by atoms with Gasteiger partial charge in [-0.05, 0) is 71.9 Å². The van der Waals surface area contributed by atoms with Gasteiger partial charge in [0.05, 0.1) is 13.2 Å². The molecule has 4 rings (SSSR count). The Balaban J connectivity index is 1.72. The third-order valence-electron chi connectivity index (χ3n) is 10.3. The van der Waals surface area contributed by atoms with Crippen LogP contribution >= 0.6 is 11.8 Å². The van der Waals surface area contributed by atoms with Crippen molar-refractivity contribution in [2.75, 3.05) is 13.2 Å². The highest BCUT2D eigenvalue weighted by atomic mass is 32.2. The number of benzene rings is 2. The van der Waals surface area contributed by atoms with E-state index in [1.807, 2.05) is 36.4 Å². The van der Waals surface area contributed by atoms with Crippen LogP contribution in [0.4, 0.5) is 0 Å². The minimum Gasteiger partial charge on any atom is -0.479 e. The van der Waals surface area contributed by atoms with Crippen molar-refractivity contribution in [3.63, 3.8) is 0 Å². The second-order valence-corrected chi connectivity index (χ2v) is 15.5. The minimum atomic E-state index is -0.896. The van der Waals surface area contributed by atoms with Crippen molar-refractivity contribution in [3.8, 4) is 23.0 Å². The van der Waals surface area contributed by atoms with E-state index >= 15 is 0 Å². The minimum absolute atomic E-state index is 0.0149. The molecule has 43 heavy (non-hydrogen) atoms. The highest BCUT2D eigenvalue weighted by molar-refractivity contribution is 7.99. The molecule has 0 amide bonds. The van der Waals surface area contributed by atoms with Gasteiger partial charge in [0.2, 0.25) is 0 Å². The van der Waals surface area contributed by atoms with Crippen LogP contribution in [0.3, 0.4) is 0 Å². The van der Waals surface area contributed by atoms with Gasteiger partial charge in [0.15, 0.2) is 45.4 Å². The molecule has 0 fully saturated rings. The molecule has 2 unspecified atom stereocenters. The average molecular weight is 615 g/mol. The number of rotatable bonds is 10. The van der Waals surface area contributed by atoms with E-state index in [-0.39, 0.29) is 48.7 Å². The summed E-state index contributed by atoms with van der Waals surface area (Å²) in [5.41, 5.74) is -3.17. The summed E-state index contributed by atoms with van der Waals surface area (Å²) in [4.78, 5) is 1.96. The molecule has 2 N–H and O–H groups in total. The third kappa shape index (κ3) is 4.93. The lowest BCUT2D eigenvalue weighted by Crippen LogP contribution is -2.72. The quantitative estimate of drug-likeness (QED) is 0.279. The Morgan fingerprint density at radius 3 is 1.07 bits per heavy atom. The molecule has 2 aromatic carbocycles. The van der Waals surface area contributed by atoms with Gasteiger partial charge >= 0.3 is 0 Å². The van der Waals surface area contributed by atoms with E-state index in [0.29, 0.717) is 23.0 Å². The molecule has 0 saturated heterocycles. The first-order valence-corrected chi connectivity index (χ1v) is 16.8. The van der Waals surface area contributed by atoms with Gasteiger partial charge < -0.3 is 29.2 Å². The Labute approximate surface area is 263 Å². The largest absolute Gasteiger partial charge is 0.479 e. The van der Waals surface area contributed by atoms with Crippen molar-refractivity contribution in [1.82, 2.24) is 0 Å². The zero-order chi connectivity index (χ0) is 32.1. The van der Waals surface area contributed by atoms with Crippen LogP contribution in [0.5, 0.6) is 23.0 Å². The van der Waals surface area contributed by atoms with Gasteiger partial charge in [0.1, 0.15) is 0 Å². The third-order valence-corrected chi connectivity index (χ3v) is 11.3. The highest BCUT2D eigenvalue weighted by Gasteiger charge is 2.64. The Bertz CT molecular complexity index is 1170. The van der Waals surface area contributed by atoms with Crippen LogP contribution in [0.15, 0.2) is 46.2 Å². The first-order chi connectivity index (χ1) is 20.1. The van der Waals surface area contributed by atoms with Gasteiger partial charge in [-0.1, -0.05) is 94.8 Å². The smallest absolute Gasteiger partial charge is 0.174 e. The zero-order valence-electron chi connectivity index (χ0n) is 28.3. The fraction of sp³-hybridized carbons (Fsp3) is 0.667. The van der Waals surface area contributed by atoms with Crippen molar-refractivity contribution in [1.29, 1.82) is 0 Å². The summed E-state index contributed by atoms with van der Waals surface area (Å²) >= 11 is 1.59. The second kappa shape index (κ2) is 12.0. The maximum atomic E-state index is 10.8. The van der Waals surface area contributed by atoms with Gasteiger partial charge in [-0.3, -0.25) is 0 Å². The van der Waals surface area contributed by atoms with Crippen molar-refractivity contribution in [2.24, 2.45) is 35.5 Å². The summed E-state index contributed by atoms with van der Waals surface area (Å²) in [5.74, 6) is 3.16. The number of hydrogen-bond acceptors (Lipinski definition) is 7. The zero-order valence-corrected chi connectivity index (χ0v) is 29.1. The van der Waals surface area contributed by atoms with E-state index < -0.39 is 22.4 Å². The highest BCUT2D eigenvalue weighted by Crippen LogP contribution is 2.55.